The molecule has 4 aliphatic rings. The Kier molecular flexibility index (Phi) is 5.90. The number of nitrogens with zero attached hydrogens (tertiary/aromatic N) is 3. The van der Waals surface area contributed by atoms with Gasteiger partial charge in [-0.15, -0.1) is 0 Å². The molecule has 34 heavy (non-hydrogen) atoms. The largest absolute Gasteiger partial charge is 0.383 e. The number of allylic oxidation sites excluding steroid dienone is 3. The normalized spacial score (nSPS) is 27.4. The lowest BCUT2D eigenvalue weighted by Crippen LogP contribution is -2.43. The van der Waals surface area contributed by atoms with Crippen LogP contribution in [0.3, 0.4) is 0 Å². The van der Waals surface area contributed by atoms with Crippen molar-refractivity contribution in [2.24, 2.45) is 22.6 Å². The molecule has 2 atom stereocenters. The van der Waals surface area contributed by atoms with Gasteiger partial charge in [-0.25, -0.2) is 4.98 Å². The molecule has 3 N–H and O–H groups in total. The van der Waals surface area contributed by atoms with Crippen molar-refractivity contribution in [2.45, 2.75) is 37.8 Å². The molecule has 0 spiro atoms. The lowest BCUT2D eigenvalue weighted by atomic mass is 9.76. The molecule has 1 aliphatic heterocycles. The summed E-state index contributed by atoms with van der Waals surface area (Å²) in [5, 5.41) is 3.89. The summed E-state index contributed by atoms with van der Waals surface area (Å²) in [6.07, 6.45) is 11.7. The van der Waals surface area contributed by atoms with Crippen LogP contribution >= 0.6 is 0 Å². The van der Waals surface area contributed by atoms with Crippen LogP contribution in [-0.2, 0) is 0 Å². The molecule has 3 fully saturated rings. The van der Waals surface area contributed by atoms with Crippen molar-refractivity contribution in [2.75, 3.05) is 26.0 Å². The van der Waals surface area contributed by atoms with Crippen LogP contribution in [0, 0.1) is 11.8 Å². The zero-order valence-corrected chi connectivity index (χ0v) is 20.5. The number of fused-ring (bicyclic) bond motifs is 1. The van der Waals surface area contributed by atoms with E-state index in [0.29, 0.717) is 5.92 Å². The zero-order chi connectivity index (χ0) is 23.9. The van der Waals surface area contributed by atoms with Crippen LogP contribution in [0.2, 0.25) is 0 Å². The van der Waals surface area contributed by atoms with E-state index >= 15 is 0 Å². The molecule has 176 valence electrons. The Hall–Kier alpha value is -3.18. The van der Waals surface area contributed by atoms with Gasteiger partial charge in [0.1, 0.15) is 5.82 Å². The molecule has 0 amide bonds. The fourth-order valence-corrected chi connectivity index (χ4v) is 5.83. The molecule has 2 bridgehead atoms. The number of hydrogen-bond donors (Lipinski definition) is 2. The van der Waals surface area contributed by atoms with Crippen LogP contribution in [0.15, 0.2) is 66.3 Å². The lowest BCUT2D eigenvalue weighted by molar-refractivity contribution is 0.253. The van der Waals surface area contributed by atoms with Gasteiger partial charge in [-0.1, -0.05) is 36.9 Å². The summed E-state index contributed by atoms with van der Waals surface area (Å²) < 4.78 is 0. The SMILES string of the molecule is C=C/C(=C\N(C)C)c1cccc(-c2ccc(C3=CC(C)N=C3)c(NC34CC(C3)[C@H](CN)C4)n2)c1. The van der Waals surface area contributed by atoms with E-state index in [4.69, 9.17) is 10.7 Å². The van der Waals surface area contributed by atoms with Gasteiger partial charge in [-0.3, -0.25) is 4.99 Å². The predicted octanol–water partition coefficient (Wildman–Crippen LogP) is 5.23. The minimum atomic E-state index is 0.128. The molecule has 2 aromatic rings. The summed E-state index contributed by atoms with van der Waals surface area (Å²) in [4.78, 5) is 11.8. The Labute approximate surface area is 203 Å². The van der Waals surface area contributed by atoms with Gasteiger partial charge in [0.05, 0.1) is 11.7 Å². The van der Waals surface area contributed by atoms with Crippen molar-refractivity contribution in [3.05, 3.63) is 72.5 Å². The van der Waals surface area contributed by atoms with Crippen molar-refractivity contribution in [1.82, 2.24) is 9.88 Å². The second kappa shape index (κ2) is 8.88. The van der Waals surface area contributed by atoms with Gasteiger partial charge in [0.2, 0.25) is 0 Å². The summed E-state index contributed by atoms with van der Waals surface area (Å²) in [7, 11) is 4.05. The van der Waals surface area contributed by atoms with E-state index in [-0.39, 0.29) is 11.6 Å². The molecule has 5 nitrogen and oxygen atoms in total. The number of pyridine rings is 1. The van der Waals surface area contributed by atoms with E-state index in [1.807, 2.05) is 31.3 Å². The third-order valence-electron chi connectivity index (χ3n) is 7.50. The first-order valence-electron chi connectivity index (χ1n) is 12.3. The molecule has 0 saturated heterocycles. The van der Waals surface area contributed by atoms with Crippen LogP contribution in [0.5, 0.6) is 0 Å². The van der Waals surface area contributed by atoms with Gasteiger partial charge < -0.3 is 16.0 Å². The van der Waals surface area contributed by atoms with Crippen molar-refractivity contribution in [1.29, 1.82) is 0 Å². The molecule has 3 aliphatic carbocycles. The number of hydrogen-bond acceptors (Lipinski definition) is 5. The Bertz CT molecular complexity index is 1180. The van der Waals surface area contributed by atoms with Gasteiger partial charge in [0, 0.05) is 48.7 Å². The van der Waals surface area contributed by atoms with Gasteiger partial charge in [0.15, 0.2) is 0 Å². The number of nitrogens with one attached hydrogen (secondary N) is 1. The monoisotopic (exact) mass is 453 g/mol. The average molecular weight is 454 g/mol. The number of rotatable bonds is 8. The number of nitrogens with two attached hydrogens (primary N) is 1. The Morgan fingerprint density at radius 3 is 2.71 bits per heavy atom. The average Bonchev–Trinajstić information content (AvgIpc) is 3.50. The first-order chi connectivity index (χ1) is 16.4. The number of anilines is 1. The minimum Gasteiger partial charge on any atom is -0.383 e. The van der Waals surface area contributed by atoms with Gasteiger partial charge >= 0.3 is 0 Å². The van der Waals surface area contributed by atoms with E-state index in [0.717, 1.165) is 58.2 Å². The predicted molar refractivity (Wildman–Crippen MR) is 144 cm³/mol. The van der Waals surface area contributed by atoms with E-state index in [1.165, 1.54) is 12.8 Å². The van der Waals surface area contributed by atoms with Crippen molar-refractivity contribution in [3.8, 4) is 11.3 Å². The van der Waals surface area contributed by atoms with Crippen LogP contribution in [0.1, 0.15) is 37.3 Å². The fourth-order valence-electron chi connectivity index (χ4n) is 5.83. The fraction of sp³-hybridized carbons (Fsp3) is 0.379. The molecular formula is C29H35N5. The zero-order valence-electron chi connectivity index (χ0n) is 20.5. The highest BCUT2D eigenvalue weighted by Crippen LogP contribution is 2.56. The second-order valence-corrected chi connectivity index (χ2v) is 10.3. The smallest absolute Gasteiger partial charge is 0.135 e. The summed E-state index contributed by atoms with van der Waals surface area (Å²) >= 11 is 0. The third-order valence-corrected chi connectivity index (χ3v) is 7.50. The maximum atomic E-state index is 6.04. The molecule has 5 heteroatoms. The van der Waals surface area contributed by atoms with E-state index in [9.17, 15) is 0 Å². The van der Waals surface area contributed by atoms with Crippen molar-refractivity contribution < 1.29 is 0 Å². The van der Waals surface area contributed by atoms with E-state index in [2.05, 4.69) is 72.5 Å². The van der Waals surface area contributed by atoms with Crippen LogP contribution in [0.25, 0.3) is 22.4 Å². The highest BCUT2D eigenvalue weighted by Gasteiger charge is 2.55. The summed E-state index contributed by atoms with van der Waals surface area (Å²) in [6, 6.07) is 13.1. The molecule has 2 heterocycles. The molecule has 1 aromatic carbocycles. The maximum absolute atomic E-state index is 6.04. The molecule has 1 unspecified atom stereocenters. The summed E-state index contributed by atoms with van der Waals surface area (Å²) in [5.41, 5.74) is 12.7. The number of benzene rings is 1. The summed E-state index contributed by atoms with van der Waals surface area (Å²) in [5.74, 6) is 2.34. The van der Waals surface area contributed by atoms with Crippen molar-refractivity contribution in [3.63, 3.8) is 0 Å². The quantitative estimate of drug-likeness (QED) is 0.537. The maximum Gasteiger partial charge on any atom is 0.135 e. The molecule has 3 saturated carbocycles. The topological polar surface area (TPSA) is 66.5 Å². The Morgan fingerprint density at radius 1 is 1.24 bits per heavy atom. The van der Waals surface area contributed by atoms with Crippen LogP contribution in [0.4, 0.5) is 5.82 Å². The first kappa shape index (κ1) is 22.6. The standard InChI is InChI=1S/C29H35N5/c1-5-20(18-34(3)4)21-7-6-8-22(12-21)27-10-9-26(23-11-19(2)31-17-23)28(32-27)33-29-13-24(14-29)25(15-29)16-30/h5-12,17-19,24-25H,1,13-16,30H2,2-4H3,(H,32,33)/b20-18+/t19?,24?,25-,29?/m0/s1. The number of aliphatic imine (C=N–C) groups is 1. The highest BCUT2D eigenvalue weighted by atomic mass is 15.1. The lowest BCUT2D eigenvalue weighted by Gasteiger charge is -2.40. The van der Waals surface area contributed by atoms with Crippen LogP contribution < -0.4 is 11.1 Å². The van der Waals surface area contributed by atoms with Crippen molar-refractivity contribution >= 4 is 23.2 Å². The summed E-state index contributed by atoms with van der Waals surface area (Å²) in [6.45, 7) is 6.90. The first-order valence-corrected chi connectivity index (χ1v) is 12.3. The second-order valence-electron chi connectivity index (χ2n) is 10.3. The highest BCUT2D eigenvalue weighted by molar-refractivity contribution is 6.13. The minimum absolute atomic E-state index is 0.128. The van der Waals surface area contributed by atoms with E-state index in [1.54, 1.807) is 0 Å². The molecular weight excluding hydrogens is 418 g/mol. The van der Waals surface area contributed by atoms with E-state index < -0.39 is 0 Å². The molecule has 1 aromatic heterocycles. The molecule has 0 radical (unpaired) electrons. The third kappa shape index (κ3) is 4.21. The van der Waals surface area contributed by atoms with Gasteiger partial charge in [0.25, 0.3) is 0 Å². The Morgan fingerprint density at radius 2 is 2.06 bits per heavy atom. The number of aromatic nitrogens is 1. The van der Waals surface area contributed by atoms with Crippen LogP contribution in [-0.4, -0.2) is 48.3 Å². The van der Waals surface area contributed by atoms with Gasteiger partial charge in [-0.2, -0.15) is 0 Å². The van der Waals surface area contributed by atoms with Gasteiger partial charge in [-0.05, 0) is 73.9 Å². The molecule has 6 rings (SSSR count). The Balaban J connectivity index is 1.52.